The molecule has 0 aliphatic heterocycles. The molecule has 27 heavy (non-hydrogen) atoms. The van der Waals surface area contributed by atoms with E-state index in [2.05, 4.69) is 18.2 Å². The third-order valence-corrected chi connectivity index (χ3v) is 7.16. The van der Waals surface area contributed by atoms with Gasteiger partial charge < -0.3 is 0 Å². The Labute approximate surface area is 164 Å². The molecule has 0 unspecified atom stereocenters. The lowest BCUT2D eigenvalue weighted by atomic mass is 9.68. The van der Waals surface area contributed by atoms with Crippen molar-refractivity contribution in [2.45, 2.75) is 83.0 Å². The summed E-state index contributed by atoms with van der Waals surface area (Å²) in [5.41, 5.74) is 2.20. The fourth-order valence-electron chi connectivity index (χ4n) is 5.46. The first-order valence-electron chi connectivity index (χ1n) is 11.1. The van der Waals surface area contributed by atoms with Crippen molar-refractivity contribution in [2.24, 2.45) is 17.8 Å². The molecule has 1 aromatic carbocycles. The SMILES string of the molecule is N#Cc1ccc([C@H]2CC[C@H]([C@H]3CC[C@H](CCCC/C=C/F)CC3)CC2)cc1. The Morgan fingerprint density at radius 3 is 2.11 bits per heavy atom. The van der Waals surface area contributed by atoms with Gasteiger partial charge in [0.1, 0.15) is 0 Å². The number of nitriles is 1. The first kappa shape index (κ1) is 20.1. The van der Waals surface area contributed by atoms with Crippen LogP contribution < -0.4 is 0 Å². The van der Waals surface area contributed by atoms with Crippen molar-refractivity contribution in [1.82, 2.24) is 0 Å². The molecule has 2 saturated carbocycles. The highest BCUT2D eigenvalue weighted by Gasteiger charge is 2.31. The molecular formula is C25H34FN. The Balaban J connectivity index is 1.36. The molecule has 0 amide bonds. The predicted octanol–water partition coefficient (Wildman–Crippen LogP) is 7.68. The maximum Gasteiger partial charge on any atom is 0.0991 e. The van der Waals surface area contributed by atoms with Gasteiger partial charge in [-0.1, -0.05) is 43.9 Å². The smallest absolute Gasteiger partial charge is 0.0991 e. The molecule has 0 atom stereocenters. The van der Waals surface area contributed by atoms with E-state index < -0.39 is 0 Å². The largest absolute Gasteiger partial charge is 0.216 e. The molecule has 2 aliphatic rings. The lowest BCUT2D eigenvalue weighted by Gasteiger charge is -2.38. The number of halogens is 1. The quantitative estimate of drug-likeness (QED) is 0.453. The third kappa shape index (κ3) is 5.93. The van der Waals surface area contributed by atoms with E-state index in [0.717, 1.165) is 36.2 Å². The monoisotopic (exact) mass is 367 g/mol. The number of allylic oxidation sites excluding steroid dienone is 1. The van der Waals surface area contributed by atoms with Gasteiger partial charge in [-0.25, -0.2) is 4.39 Å². The predicted molar refractivity (Wildman–Crippen MR) is 110 cm³/mol. The Bertz CT molecular complexity index is 611. The molecule has 3 rings (SSSR count). The van der Waals surface area contributed by atoms with Crippen molar-refractivity contribution < 1.29 is 4.39 Å². The van der Waals surface area contributed by atoms with Crippen LogP contribution in [-0.2, 0) is 0 Å². The van der Waals surface area contributed by atoms with E-state index >= 15 is 0 Å². The van der Waals surface area contributed by atoms with Gasteiger partial charge in [0, 0.05) is 0 Å². The second-order valence-electron chi connectivity index (χ2n) is 8.77. The van der Waals surface area contributed by atoms with Gasteiger partial charge in [0.15, 0.2) is 0 Å². The molecule has 0 aromatic heterocycles. The summed E-state index contributed by atoms with van der Waals surface area (Å²) < 4.78 is 12.0. The molecular weight excluding hydrogens is 333 g/mol. The van der Waals surface area contributed by atoms with E-state index in [-0.39, 0.29) is 0 Å². The van der Waals surface area contributed by atoms with E-state index in [1.165, 1.54) is 69.8 Å². The number of hydrogen-bond donors (Lipinski definition) is 0. The van der Waals surface area contributed by atoms with Crippen molar-refractivity contribution in [3.63, 3.8) is 0 Å². The van der Waals surface area contributed by atoms with Crippen LogP contribution in [0.2, 0.25) is 0 Å². The molecule has 0 spiro atoms. The summed E-state index contributed by atoms with van der Waals surface area (Å²) in [5, 5.41) is 8.95. The van der Waals surface area contributed by atoms with Crippen LogP contribution >= 0.6 is 0 Å². The molecule has 2 heteroatoms. The minimum atomic E-state index is 0.682. The number of benzene rings is 1. The van der Waals surface area contributed by atoms with Crippen LogP contribution in [-0.4, -0.2) is 0 Å². The van der Waals surface area contributed by atoms with Gasteiger partial charge in [-0.15, -0.1) is 0 Å². The van der Waals surface area contributed by atoms with Crippen LogP contribution in [0.1, 0.15) is 94.1 Å². The van der Waals surface area contributed by atoms with E-state index in [1.807, 2.05) is 12.1 Å². The van der Waals surface area contributed by atoms with E-state index in [4.69, 9.17) is 5.26 Å². The Morgan fingerprint density at radius 1 is 0.889 bits per heavy atom. The second-order valence-corrected chi connectivity index (χ2v) is 8.77. The van der Waals surface area contributed by atoms with Crippen molar-refractivity contribution in [3.05, 3.63) is 47.8 Å². The van der Waals surface area contributed by atoms with Gasteiger partial charge >= 0.3 is 0 Å². The standard InChI is InChI=1S/C25H34FN/c26-18-4-2-1-3-5-20-6-10-22(11-7-20)24-14-16-25(17-15-24)23-12-8-21(19-27)9-13-23/h4,8-9,12-13,18,20,22,24-25H,1-3,5-7,10-11,14-17H2/b18-4+/t20-,22-,24-,25-. The minimum Gasteiger partial charge on any atom is -0.216 e. The maximum atomic E-state index is 12.0. The van der Waals surface area contributed by atoms with Gasteiger partial charge in [0.05, 0.1) is 18.0 Å². The topological polar surface area (TPSA) is 23.8 Å². The molecule has 0 heterocycles. The van der Waals surface area contributed by atoms with Gasteiger partial charge in [0.25, 0.3) is 0 Å². The zero-order valence-corrected chi connectivity index (χ0v) is 16.6. The molecule has 0 bridgehead atoms. The number of hydrogen-bond acceptors (Lipinski definition) is 1. The van der Waals surface area contributed by atoms with Crippen molar-refractivity contribution in [1.29, 1.82) is 5.26 Å². The molecule has 2 aliphatic carbocycles. The van der Waals surface area contributed by atoms with Crippen LogP contribution in [0.3, 0.4) is 0 Å². The molecule has 1 nitrogen and oxygen atoms in total. The third-order valence-electron chi connectivity index (χ3n) is 7.16. The first-order valence-corrected chi connectivity index (χ1v) is 11.1. The van der Waals surface area contributed by atoms with Crippen molar-refractivity contribution in [2.75, 3.05) is 0 Å². The van der Waals surface area contributed by atoms with Crippen molar-refractivity contribution >= 4 is 0 Å². The fraction of sp³-hybridized carbons (Fsp3) is 0.640. The average Bonchev–Trinajstić information content (AvgIpc) is 2.74. The normalized spacial score (nSPS) is 28.9. The second kappa shape index (κ2) is 10.6. The number of rotatable bonds is 7. The Hall–Kier alpha value is -1.62. The summed E-state index contributed by atoms with van der Waals surface area (Å²) in [6.07, 6.45) is 18.1. The summed E-state index contributed by atoms with van der Waals surface area (Å²) in [7, 11) is 0. The van der Waals surface area contributed by atoms with Crippen LogP contribution in [0, 0.1) is 29.1 Å². The summed E-state index contributed by atoms with van der Waals surface area (Å²) in [4.78, 5) is 0. The number of unbranched alkanes of at least 4 members (excludes halogenated alkanes) is 2. The summed E-state index contributed by atoms with van der Waals surface area (Å²) >= 11 is 0. The van der Waals surface area contributed by atoms with E-state index in [1.54, 1.807) is 6.08 Å². The van der Waals surface area contributed by atoms with Gasteiger partial charge in [-0.2, -0.15) is 5.26 Å². The molecule has 0 radical (unpaired) electrons. The van der Waals surface area contributed by atoms with Crippen LogP contribution in [0.4, 0.5) is 4.39 Å². The van der Waals surface area contributed by atoms with E-state index in [0.29, 0.717) is 12.2 Å². The molecule has 0 N–H and O–H groups in total. The molecule has 2 fully saturated rings. The Kier molecular flexibility index (Phi) is 7.93. The number of nitrogens with zero attached hydrogens (tertiary/aromatic N) is 1. The highest BCUT2D eigenvalue weighted by atomic mass is 19.1. The van der Waals surface area contributed by atoms with Crippen LogP contribution in [0.15, 0.2) is 36.7 Å². The lowest BCUT2D eigenvalue weighted by molar-refractivity contribution is 0.155. The molecule has 0 saturated heterocycles. The van der Waals surface area contributed by atoms with Crippen molar-refractivity contribution in [3.8, 4) is 6.07 Å². The zero-order valence-electron chi connectivity index (χ0n) is 16.6. The molecule has 146 valence electrons. The van der Waals surface area contributed by atoms with Gasteiger partial charge in [0.2, 0.25) is 0 Å². The van der Waals surface area contributed by atoms with E-state index in [9.17, 15) is 4.39 Å². The average molecular weight is 368 g/mol. The lowest BCUT2D eigenvalue weighted by Crippen LogP contribution is -2.25. The Morgan fingerprint density at radius 2 is 1.52 bits per heavy atom. The highest BCUT2D eigenvalue weighted by molar-refractivity contribution is 5.33. The zero-order chi connectivity index (χ0) is 18.9. The first-order chi connectivity index (χ1) is 13.3. The summed E-state index contributed by atoms with van der Waals surface area (Å²) in [5.74, 6) is 3.52. The maximum absolute atomic E-state index is 12.0. The van der Waals surface area contributed by atoms with Crippen LogP contribution in [0.5, 0.6) is 0 Å². The summed E-state index contributed by atoms with van der Waals surface area (Å²) in [6.45, 7) is 0. The highest BCUT2D eigenvalue weighted by Crippen LogP contribution is 2.44. The molecule has 1 aromatic rings. The van der Waals surface area contributed by atoms with Gasteiger partial charge in [-0.3, -0.25) is 0 Å². The minimum absolute atomic E-state index is 0.682. The van der Waals surface area contributed by atoms with Crippen LogP contribution in [0.25, 0.3) is 0 Å². The fourth-order valence-corrected chi connectivity index (χ4v) is 5.46. The summed E-state index contributed by atoms with van der Waals surface area (Å²) in [6, 6.07) is 10.5. The van der Waals surface area contributed by atoms with Gasteiger partial charge in [-0.05, 0) is 92.7 Å².